The van der Waals surface area contributed by atoms with E-state index >= 15 is 0 Å². The number of para-hydroxylation sites is 2. The monoisotopic (exact) mass is 246 g/mol. The van der Waals surface area contributed by atoms with Gasteiger partial charge in [-0.1, -0.05) is 19.1 Å². The molecule has 0 saturated carbocycles. The molecule has 0 saturated heterocycles. The van der Waals surface area contributed by atoms with Crippen LogP contribution in [0.1, 0.15) is 13.3 Å². The first-order chi connectivity index (χ1) is 7.49. The summed E-state index contributed by atoms with van der Waals surface area (Å²) in [7, 11) is -2.78. The van der Waals surface area contributed by atoms with Crippen LogP contribution in [0.15, 0.2) is 24.3 Å². The van der Waals surface area contributed by atoms with E-state index in [1.807, 2.05) is 0 Å². The Labute approximate surface area is 94.2 Å². The first-order valence-corrected chi connectivity index (χ1v) is 6.52. The molecule has 0 aromatic heterocycles. The fraction of sp³-hybridized carbons (Fsp3) is 0.400. The van der Waals surface area contributed by atoms with Gasteiger partial charge in [-0.3, -0.25) is 4.57 Å². The van der Waals surface area contributed by atoms with Gasteiger partial charge < -0.3 is 19.3 Å². The smallest absolute Gasteiger partial charge is 0.365 e. The van der Waals surface area contributed by atoms with Gasteiger partial charge in [-0.05, 0) is 18.6 Å². The van der Waals surface area contributed by atoms with Gasteiger partial charge in [0.1, 0.15) is 0 Å². The second-order valence-corrected chi connectivity index (χ2v) is 4.97. The summed E-state index contributed by atoms with van der Waals surface area (Å²) in [5.74, 6) is -0.349. The molecule has 6 heteroatoms. The SMILES string of the molecule is CCC(Oc1ccccc1OC)P(=O)(O)O. The van der Waals surface area contributed by atoms with Gasteiger partial charge in [-0.25, -0.2) is 0 Å². The average Bonchev–Trinajstić information content (AvgIpc) is 2.24. The molecule has 0 bridgehead atoms. The second-order valence-electron chi connectivity index (χ2n) is 3.22. The lowest BCUT2D eigenvalue weighted by atomic mass is 10.3. The normalized spacial score (nSPS) is 13.2. The van der Waals surface area contributed by atoms with Crippen LogP contribution in [0, 0.1) is 0 Å². The number of benzene rings is 1. The Kier molecular flexibility index (Phi) is 4.35. The zero-order chi connectivity index (χ0) is 12.2. The predicted molar refractivity (Wildman–Crippen MR) is 59.7 cm³/mol. The molecule has 0 aliphatic carbocycles. The summed E-state index contributed by atoms with van der Waals surface area (Å²) in [6.45, 7) is 1.65. The molecule has 1 aromatic carbocycles. The number of hydrogen-bond donors (Lipinski definition) is 2. The van der Waals surface area contributed by atoms with Crippen LogP contribution < -0.4 is 9.47 Å². The quantitative estimate of drug-likeness (QED) is 0.777. The molecule has 0 aliphatic rings. The molecule has 2 N–H and O–H groups in total. The topological polar surface area (TPSA) is 76.0 Å². The Bertz CT molecular complexity index is 387. The van der Waals surface area contributed by atoms with Crippen molar-refractivity contribution in [2.75, 3.05) is 7.11 Å². The predicted octanol–water partition coefficient (Wildman–Crippen LogP) is 1.99. The van der Waals surface area contributed by atoms with E-state index < -0.39 is 13.4 Å². The van der Waals surface area contributed by atoms with E-state index in [0.29, 0.717) is 11.5 Å². The molecule has 0 spiro atoms. The van der Waals surface area contributed by atoms with Gasteiger partial charge in [-0.15, -0.1) is 0 Å². The van der Waals surface area contributed by atoms with Gasteiger partial charge in [0.15, 0.2) is 17.3 Å². The van der Waals surface area contributed by atoms with Gasteiger partial charge in [0.25, 0.3) is 0 Å². The lowest BCUT2D eigenvalue weighted by molar-refractivity contribution is 0.212. The fourth-order valence-corrected chi connectivity index (χ4v) is 1.98. The average molecular weight is 246 g/mol. The summed E-state index contributed by atoms with van der Waals surface area (Å²) >= 11 is 0. The van der Waals surface area contributed by atoms with Crippen LogP contribution in [0.5, 0.6) is 11.5 Å². The molecular formula is C10H15O5P. The molecule has 0 radical (unpaired) electrons. The third-order valence-electron chi connectivity index (χ3n) is 2.06. The van der Waals surface area contributed by atoms with E-state index in [9.17, 15) is 4.57 Å². The van der Waals surface area contributed by atoms with Gasteiger partial charge in [-0.2, -0.15) is 0 Å². The van der Waals surface area contributed by atoms with Gasteiger partial charge in [0, 0.05) is 0 Å². The van der Waals surface area contributed by atoms with Crippen molar-refractivity contribution < 1.29 is 23.8 Å². The van der Waals surface area contributed by atoms with Crippen LogP contribution in [0.4, 0.5) is 0 Å². The minimum absolute atomic E-state index is 0.225. The fourth-order valence-electron chi connectivity index (χ4n) is 1.25. The molecule has 16 heavy (non-hydrogen) atoms. The van der Waals surface area contributed by atoms with Crippen LogP contribution in [0.3, 0.4) is 0 Å². The van der Waals surface area contributed by atoms with Crippen molar-refractivity contribution in [3.63, 3.8) is 0 Å². The zero-order valence-electron chi connectivity index (χ0n) is 9.16. The zero-order valence-corrected chi connectivity index (χ0v) is 10.1. The number of rotatable bonds is 5. The van der Waals surface area contributed by atoms with E-state index in [1.54, 1.807) is 31.2 Å². The molecule has 0 fully saturated rings. The Morgan fingerprint density at radius 1 is 1.31 bits per heavy atom. The second kappa shape index (κ2) is 5.34. The molecule has 0 aliphatic heterocycles. The van der Waals surface area contributed by atoms with Gasteiger partial charge in [0.2, 0.25) is 0 Å². The van der Waals surface area contributed by atoms with Crippen molar-refractivity contribution in [1.29, 1.82) is 0 Å². The lowest BCUT2D eigenvalue weighted by Gasteiger charge is -2.19. The lowest BCUT2D eigenvalue weighted by Crippen LogP contribution is -2.15. The van der Waals surface area contributed by atoms with Gasteiger partial charge >= 0.3 is 7.60 Å². The number of methoxy groups -OCH3 is 1. The van der Waals surface area contributed by atoms with E-state index in [2.05, 4.69) is 0 Å². The third-order valence-corrected chi connectivity index (χ3v) is 3.28. The van der Waals surface area contributed by atoms with Crippen LogP contribution in [-0.2, 0) is 4.57 Å². The highest BCUT2D eigenvalue weighted by Gasteiger charge is 2.29. The molecule has 1 atom stereocenters. The summed E-state index contributed by atoms with van der Waals surface area (Å²) in [5.41, 5.74) is 0. The maximum Gasteiger partial charge on any atom is 0.365 e. The van der Waals surface area contributed by atoms with Crippen molar-refractivity contribution >= 4 is 7.60 Å². The van der Waals surface area contributed by atoms with Crippen LogP contribution >= 0.6 is 7.60 Å². The molecule has 5 nitrogen and oxygen atoms in total. The van der Waals surface area contributed by atoms with Crippen molar-refractivity contribution in [3.05, 3.63) is 24.3 Å². The summed E-state index contributed by atoms with van der Waals surface area (Å²) in [4.78, 5) is 18.1. The van der Waals surface area contributed by atoms with E-state index in [-0.39, 0.29) is 6.42 Å². The third kappa shape index (κ3) is 3.23. The van der Waals surface area contributed by atoms with Gasteiger partial charge in [0.05, 0.1) is 7.11 Å². The maximum atomic E-state index is 11.1. The Balaban J connectivity index is 2.90. The van der Waals surface area contributed by atoms with Crippen molar-refractivity contribution in [3.8, 4) is 11.5 Å². The number of ether oxygens (including phenoxy) is 2. The minimum atomic E-state index is -4.25. The molecule has 90 valence electrons. The van der Waals surface area contributed by atoms with Crippen molar-refractivity contribution in [2.45, 2.75) is 19.2 Å². The van der Waals surface area contributed by atoms with Crippen LogP contribution in [0.2, 0.25) is 0 Å². The largest absolute Gasteiger partial charge is 0.493 e. The van der Waals surface area contributed by atoms with Crippen LogP contribution in [-0.4, -0.2) is 22.7 Å². The van der Waals surface area contributed by atoms with Crippen molar-refractivity contribution in [1.82, 2.24) is 0 Å². The summed E-state index contributed by atoms with van der Waals surface area (Å²) < 4.78 is 21.4. The van der Waals surface area contributed by atoms with Crippen molar-refractivity contribution in [2.24, 2.45) is 0 Å². The highest BCUT2D eigenvalue weighted by atomic mass is 31.2. The first-order valence-electron chi connectivity index (χ1n) is 4.84. The van der Waals surface area contributed by atoms with E-state index in [4.69, 9.17) is 19.3 Å². The maximum absolute atomic E-state index is 11.1. The minimum Gasteiger partial charge on any atom is -0.493 e. The molecule has 1 unspecified atom stereocenters. The Morgan fingerprint density at radius 2 is 1.88 bits per heavy atom. The highest BCUT2D eigenvalue weighted by Crippen LogP contribution is 2.44. The molecular weight excluding hydrogens is 231 g/mol. The van der Waals surface area contributed by atoms with E-state index in [1.165, 1.54) is 7.11 Å². The summed E-state index contributed by atoms with van der Waals surface area (Å²) in [6.07, 6.45) is 0.225. The molecule has 0 amide bonds. The molecule has 1 rings (SSSR count). The summed E-state index contributed by atoms with van der Waals surface area (Å²) in [6, 6.07) is 6.74. The van der Waals surface area contributed by atoms with Crippen LogP contribution in [0.25, 0.3) is 0 Å². The first kappa shape index (κ1) is 13.0. The molecule has 0 heterocycles. The molecule has 1 aromatic rings. The Hall–Kier alpha value is -1.03. The standard InChI is InChI=1S/C10H15O5P/c1-3-10(16(11,12)13)15-9-7-5-4-6-8(9)14-2/h4-7,10H,3H2,1-2H3,(H2,11,12,13). The summed E-state index contributed by atoms with van der Waals surface area (Å²) in [5, 5.41) is 0. The highest BCUT2D eigenvalue weighted by molar-refractivity contribution is 7.52. The Morgan fingerprint density at radius 3 is 2.31 bits per heavy atom. The van der Waals surface area contributed by atoms with E-state index in [0.717, 1.165) is 0 Å². The number of hydrogen-bond acceptors (Lipinski definition) is 3.